The molecule has 122 valence electrons. The summed E-state index contributed by atoms with van der Waals surface area (Å²) in [6.45, 7) is 5.54. The van der Waals surface area contributed by atoms with Crippen LogP contribution in [-0.4, -0.2) is 37.9 Å². The second kappa shape index (κ2) is 6.50. The first kappa shape index (κ1) is 15.7. The number of carbonyl (C=O) groups is 1. The Hall–Kier alpha value is -2.21. The third-order valence-corrected chi connectivity index (χ3v) is 4.34. The standard InChI is InChI=1S/C17H23N5O/c1-12(2)22-9-7-14-15(21(3)11-20-14)16(22)17(23)19-10-13-6-4-5-8-18-13/h4-6,8,11-12,16H,7,9-10H2,1-3H3,(H,19,23). The van der Waals surface area contributed by atoms with Crippen molar-refractivity contribution < 1.29 is 4.79 Å². The summed E-state index contributed by atoms with van der Waals surface area (Å²) in [4.78, 5) is 23.8. The summed E-state index contributed by atoms with van der Waals surface area (Å²) in [5, 5.41) is 3.03. The zero-order chi connectivity index (χ0) is 16.4. The molecule has 0 saturated heterocycles. The molecule has 6 heteroatoms. The third-order valence-electron chi connectivity index (χ3n) is 4.34. The Morgan fingerprint density at radius 2 is 2.22 bits per heavy atom. The second-order valence-corrected chi connectivity index (χ2v) is 6.21. The number of imidazole rings is 1. The van der Waals surface area contributed by atoms with Crippen molar-refractivity contribution in [2.75, 3.05) is 6.54 Å². The normalized spacial score (nSPS) is 18.0. The van der Waals surface area contributed by atoms with Crippen LogP contribution in [0.5, 0.6) is 0 Å². The molecule has 0 bridgehead atoms. The molecular formula is C17H23N5O. The monoisotopic (exact) mass is 313 g/mol. The number of fused-ring (bicyclic) bond motifs is 1. The fraction of sp³-hybridized carbons (Fsp3) is 0.471. The number of hydrogen-bond acceptors (Lipinski definition) is 4. The van der Waals surface area contributed by atoms with Gasteiger partial charge in [-0.2, -0.15) is 0 Å². The molecule has 23 heavy (non-hydrogen) atoms. The number of carbonyl (C=O) groups excluding carboxylic acids is 1. The van der Waals surface area contributed by atoms with Crippen molar-refractivity contribution in [3.63, 3.8) is 0 Å². The van der Waals surface area contributed by atoms with Crippen LogP contribution < -0.4 is 5.32 Å². The van der Waals surface area contributed by atoms with E-state index in [-0.39, 0.29) is 11.9 Å². The van der Waals surface area contributed by atoms with Crippen LogP contribution in [0.25, 0.3) is 0 Å². The van der Waals surface area contributed by atoms with Crippen LogP contribution in [0.4, 0.5) is 0 Å². The van der Waals surface area contributed by atoms with Crippen LogP contribution in [0, 0.1) is 0 Å². The van der Waals surface area contributed by atoms with Gasteiger partial charge in [0.15, 0.2) is 0 Å². The summed E-state index contributed by atoms with van der Waals surface area (Å²) < 4.78 is 1.97. The van der Waals surface area contributed by atoms with Crippen LogP contribution in [-0.2, 0) is 24.8 Å². The fourth-order valence-electron chi connectivity index (χ4n) is 3.16. The number of amides is 1. The van der Waals surface area contributed by atoms with Crippen LogP contribution in [0.15, 0.2) is 30.7 Å². The molecule has 0 fully saturated rings. The van der Waals surface area contributed by atoms with Gasteiger partial charge in [-0.1, -0.05) is 6.07 Å². The molecule has 1 unspecified atom stereocenters. The second-order valence-electron chi connectivity index (χ2n) is 6.21. The molecule has 0 aliphatic carbocycles. The minimum absolute atomic E-state index is 0.00824. The highest BCUT2D eigenvalue weighted by Gasteiger charge is 2.37. The summed E-state index contributed by atoms with van der Waals surface area (Å²) in [6, 6.07) is 5.71. The van der Waals surface area contributed by atoms with Gasteiger partial charge >= 0.3 is 0 Å². The topological polar surface area (TPSA) is 63.1 Å². The Morgan fingerprint density at radius 1 is 1.39 bits per heavy atom. The van der Waals surface area contributed by atoms with E-state index in [9.17, 15) is 4.79 Å². The Morgan fingerprint density at radius 3 is 2.91 bits per heavy atom. The number of hydrogen-bond donors (Lipinski definition) is 1. The summed E-state index contributed by atoms with van der Waals surface area (Å²) in [5.41, 5.74) is 2.89. The maximum atomic E-state index is 12.9. The molecule has 0 radical (unpaired) electrons. The predicted octanol–water partition coefficient (Wildman–Crippen LogP) is 1.44. The van der Waals surface area contributed by atoms with Gasteiger partial charge in [0.1, 0.15) is 6.04 Å². The van der Waals surface area contributed by atoms with Crippen molar-refractivity contribution in [3.8, 4) is 0 Å². The van der Waals surface area contributed by atoms with Crippen LogP contribution in [0.3, 0.4) is 0 Å². The van der Waals surface area contributed by atoms with E-state index in [0.29, 0.717) is 12.6 Å². The van der Waals surface area contributed by atoms with Gasteiger partial charge < -0.3 is 9.88 Å². The van der Waals surface area contributed by atoms with Crippen LogP contribution >= 0.6 is 0 Å². The van der Waals surface area contributed by atoms with E-state index in [1.54, 1.807) is 12.5 Å². The smallest absolute Gasteiger partial charge is 0.243 e. The number of nitrogens with one attached hydrogen (secondary N) is 1. The zero-order valence-corrected chi connectivity index (χ0v) is 13.9. The molecule has 0 saturated carbocycles. The first-order valence-corrected chi connectivity index (χ1v) is 8.01. The van der Waals surface area contributed by atoms with Gasteiger partial charge in [0.25, 0.3) is 0 Å². The van der Waals surface area contributed by atoms with Crippen LogP contribution in [0.1, 0.15) is 37.0 Å². The number of aromatic nitrogens is 3. The lowest BCUT2D eigenvalue weighted by Gasteiger charge is -2.37. The zero-order valence-electron chi connectivity index (χ0n) is 13.9. The lowest BCUT2D eigenvalue weighted by Crippen LogP contribution is -2.47. The largest absolute Gasteiger partial charge is 0.349 e. The first-order valence-electron chi connectivity index (χ1n) is 8.01. The maximum Gasteiger partial charge on any atom is 0.243 e. The van der Waals surface area contributed by atoms with E-state index in [2.05, 4.69) is 34.0 Å². The van der Waals surface area contributed by atoms with Gasteiger partial charge in [0, 0.05) is 32.3 Å². The van der Waals surface area contributed by atoms with Gasteiger partial charge in [-0.3, -0.25) is 14.7 Å². The predicted molar refractivity (Wildman–Crippen MR) is 87.6 cm³/mol. The number of nitrogens with zero attached hydrogens (tertiary/aromatic N) is 4. The molecule has 6 nitrogen and oxygen atoms in total. The molecule has 1 atom stereocenters. The van der Waals surface area contributed by atoms with E-state index in [4.69, 9.17) is 0 Å². The Kier molecular flexibility index (Phi) is 4.43. The quantitative estimate of drug-likeness (QED) is 0.928. The van der Waals surface area contributed by atoms with E-state index in [1.165, 1.54) is 0 Å². The molecule has 1 aliphatic heterocycles. The molecule has 2 aromatic rings. The minimum atomic E-state index is -0.296. The Balaban J connectivity index is 1.82. The average molecular weight is 313 g/mol. The highest BCUT2D eigenvalue weighted by atomic mass is 16.2. The molecule has 3 rings (SSSR count). The van der Waals surface area contributed by atoms with Gasteiger partial charge in [-0.05, 0) is 26.0 Å². The fourth-order valence-corrected chi connectivity index (χ4v) is 3.16. The molecule has 0 spiro atoms. The maximum absolute atomic E-state index is 12.9. The van der Waals surface area contributed by atoms with E-state index in [1.807, 2.05) is 29.8 Å². The molecule has 1 N–H and O–H groups in total. The van der Waals surface area contributed by atoms with Gasteiger partial charge in [-0.15, -0.1) is 0 Å². The third kappa shape index (κ3) is 3.12. The summed E-state index contributed by atoms with van der Waals surface area (Å²) in [7, 11) is 1.95. The molecule has 1 aliphatic rings. The lowest BCUT2D eigenvalue weighted by molar-refractivity contribution is -0.128. The van der Waals surface area contributed by atoms with E-state index >= 15 is 0 Å². The SMILES string of the molecule is CC(C)N1CCc2ncn(C)c2C1C(=O)NCc1ccccn1. The lowest BCUT2D eigenvalue weighted by atomic mass is 10.00. The molecule has 3 heterocycles. The first-order chi connectivity index (χ1) is 11.1. The molecule has 0 aromatic carbocycles. The summed E-state index contributed by atoms with van der Waals surface area (Å²) in [6.07, 6.45) is 4.42. The van der Waals surface area contributed by atoms with Crippen molar-refractivity contribution in [1.29, 1.82) is 0 Å². The minimum Gasteiger partial charge on any atom is -0.349 e. The molecular weight excluding hydrogens is 290 g/mol. The van der Waals surface area contributed by atoms with Gasteiger partial charge in [-0.25, -0.2) is 4.98 Å². The van der Waals surface area contributed by atoms with Crippen molar-refractivity contribution in [2.45, 2.75) is 38.9 Å². The van der Waals surface area contributed by atoms with E-state index < -0.39 is 0 Å². The van der Waals surface area contributed by atoms with Crippen molar-refractivity contribution >= 4 is 5.91 Å². The Labute approximate surface area is 136 Å². The van der Waals surface area contributed by atoms with Crippen molar-refractivity contribution in [1.82, 2.24) is 24.8 Å². The Bertz CT molecular complexity index is 680. The van der Waals surface area contributed by atoms with Crippen LogP contribution in [0.2, 0.25) is 0 Å². The van der Waals surface area contributed by atoms with Gasteiger partial charge in [0.05, 0.1) is 30.0 Å². The number of rotatable bonds is 4. The number of aryl methyl sites for hydroxylation is 1. The van der Waals surface area contributed by atoms with E-state index in [0.717, 1.165) is 30.0 Å². The highest BCUT2D eigenvalue weighted by molar-refractivity contribution is 5.83. The summed E-state index contributed by atoms with van der Waals surface area (Å²) >= 11 is 0. The van der Waals surface area contributed by atoms with Crippen molar-refractivity contribution in [2.24, 2.45) is 7.05 Å². The number of pyridine rings is 1. The van der Waals surface area contributed by atoms with Crippen molar-refractivity contribution in [3.05, 3.63) is 47.8 Å². The highest BCUT2D eigenvalue weighted by Crippen LogP contribution is 2.30. The van der Waals surface area contributed by atoms with Gasteiger partial charge in [0.2, 0.25) is 5.91 Å². The average Bonchev–Trinajstić information content (AvgIpc) is 2.94. The molecule has 1 amide bonds. The molecule has 2 aromatic heterocycles. The summed E-state index contributed by atoms with van der Waals surface area (Å²) in [5.74, 6) is 0.00824.